The molecule has 3 aromatic rings. The number of aryl methyl sites for hydroxylation is 2. The molecular formula is C23H21FN2O2S. The van der Waals surface area contributed by atoms with Crippen LogP contribution in [0.3, 0.4) is 0 Å². The molecule has 2 aromatic carbocycles. The molecule has 0 atom stereocenters. The number of hydrogen-bond donors (Lipinski definition) is 1. The molecule has 1 aromatic heterocycles. The van der Waals surface area contributed by atoms with Gasteiger partial charge in [-0.1, -0.05) is 12.1 Å². The fraction of sp³-hybridized carbons (Fsp3) is 0.217. The van der Waals surface area contributed by atoms with E-state index >= 15 is 0 Å². The highest BCUT2D eigenvalue weighted by Gasteiger charge is 2.12. The number of rotatable bonds is 7. The second-order valence-electron chi connectivity index (χ2n) is 6.91. The SMILES string of the molecule is O=C(CSc1ccc2c(c1)CCC2)NCc1ccc(Oc2cccnc2)c(F)c1. The van der Waals surface area contributed by atoms with Gasteiger partial charge in [0.2, 0.25) is 5.91 Å². The molecule has 0 bridgehead atoms. The predicted octanol–water partition coefficient (Wildman–Crippen LogP) is 4.91. The van der Waals surface area contributed by atoms with Gasteiger partial charge in [-0.05, 0) is 72.4 Å². The maximum Gasteiger partial charge on any atom is 0.230 e. The van der Waals surface area contributed by atoms with Gasteiger partial charge in [0.25, 0.3) is 0 Å². The van der Waals surface area contributed by atoms with E-state index in [4.69, 9.17) is 4.74 Å². The molecule has 1 aliphatic rings. The minimum absolute atomic E-state index is 0.0772. The highest BCUT2D eigenvalue weighted by molar-refractivity contribution is 8.00. The average molecular weight is 408 g/mol. The first-order valence-electron chi connectivity index (χ1n) is 9.55. The molecule has 1 N–H and O–H groups in total. The van der Waals surface area contributed by atoms with E-state index in [0.29, 0.717) is 17.1 Å². The Morgan fingerprint density at radius 3 is 2.86 bits per heavy atom. The Balaban J connectivity index is 1.27. The number of amides is 1. The highest BCUT2D eigenvalue weighted by Crippen LogP contribution is 2.27. The quantitative estimate of drug-likeness (QED) is 0.565. The molecule has 6 heteroatoms. The van der Waals surface area contributed by atoms with E-state index in [2.05, 4.69) is 28.5 Å². The first-order chi connectivity index (χ1) is 14.2. The zero-order valence-corrected chi connectivity index (χ0v) is 16.7. The second kappa shape index (κ2) is 9.09. The van der Waals surface area contributed by atoms with Gasteiger partial charge in [0.05, 0.1) is 11.9 Å². The standard InChI is InChI=1S/C23H21FN2O2S/c24-21-11-16(6-9-22(21)28-19-5-2-10-25-14-19)13-26-23(27)15-29-20-8-7-17-3-1-4-18(17)12-20/h2,5-12,14H,1,3-4,13,15H2,(H,26,27). The van der Waals surface area contributed by atoms with E-state index in [0.717, 1.165) is 17.7 Å². The maximum absolute atomic E-state index is 14.3. The molecule has 0 radical (unpaired) electrons. The van der Waals surface area contributed by atoms with Crippen molar-refractivity contribution in [3.63, 3.8) is 0 Å². The lowest BCUT2D eigenvalue weighted by Gasteiger charge is -2.09. The number of hydrogen-bond acceptors (Lipinski definition) is 4. The van der Waals surface area contributed by atoms with Gasteiger partial charge in [0.1, 0.15) is 5.75 Å². The largest absolute Gasteiger partial charge is 0.453 e. The number of carbonyl (C=O) groups excluding carboxylic acids is 1. The van der Waals surface area contributed by atoms with Gasteiger partial charge in [-0.3, -0.25) is 9.78 Å². The molecule has 0 fully saturated rings. The second-order valence-corrected chi connectivity index (χ2v) is 7.95. The van der Waals surface area contributed by atoms with Gasteiger partial charge in [0.15, 0.2) is 11.6 Å². The number of thioether (sulfide) groups is 1. The molecule has 4 nitrogen and oxygen atoms in total. The van der Waals surface area contributed by atoms with Crippen LogP contribution in [0.4, 0.5) is 4.39 Å². The average Bonchev–Trinajstić information content (AvgIpc) is 3.21. The van der Waals surface area contributed by atoms with Crippen molar-refractivity contribution in [2.45, 2.75) is 30.7 Å². The van der Waals surface area contributed by atoms with E-state index in [9.17, 15) is 9.18 Å². The minimum Gasteiger partial charge on any atom is -0.453 e. The lowest BCUT2D eigenvalue weighted by atomic mass is 10.1. The zero-order chi connectivity index (χ0) is 20.1. The summed E-state index contributed by atoms with van der Waals surface area (Å²) in [6, 6.07) is 14.5. The van der Waals surface area contributed by atoms with Crippen molar-refractivity contribution in [2.75, 3.05) is 5.75 Å². The molecule has 29 heavy (non-hydrogen) atoms. The van der Waals surface area contributed by atoms with Crippen molar-refractivity contribution in [1.29, 1.82) is 0 Å². The molecule has 0 saturated carbocycles. The Bertz CT molecular complexity index is 1010. The maximum atomic E-state index is 14.3. The van der Waals surface area contributed by atoms with Gasteiger partial charge >= 0.3 is 0 Å². The first-order valence-corrected chi connectivity index (χ1v) is 10.5. The fourth-order valence-corrected chi connectivity index (χ4v) is 4.10. The van der Waals surface area contributed by atoms with Crippen molar-refractivity contribution < 1.29 is 13.9 Å². The normalized spacial score (nSPS) is 12.4. The molecular weight excluding hydrogens is 387 g/mol. The number of benzene rings is 2. The van der Waals surface area contributed by atoms with Crippen LogP contribution in [0.25, 0.3) is 0 Å². The summed E-state index contributed by atoms with van der Waals surface area (Å²) in [5, 5.41) is 2.84. The number of ether oxygens (including phenoxy) is 1. The molecule has 0 aliphatic heterocycles. The van der Waals surface area contributed by atoms with Crippen LogP contribution in [0, 0.1) is 5.82 Å². The Morgan fingerprint density at radius 1 is 1.14 bits per heavy atom. The molecule has 0 spiro atoms. The summed E-state index contributed by atoms with van der Waals surface area (Å²) in [6.07, 6.45) is 6.64. The van der Waals surface area contributed by atoms with E-state index in [1.165, 1.54) is 41.6 Å². The van der Waals surface area contributed by atoms with E-state index < -0.39 is 5.82 Å². The van der Waals surface area contributed by atoms with Crippen LogP contribution in [0.5, 0.6) is 11.5 Å². The van der Waals surface area contributed by atoms with Crippen molar-refractivity contribution in [1.82, 2.24) is 10.3 Å². The van der Waals surface area contributed by atoms with Crippen LogP contribution in [0.1, 0.15) is 23.1 Å². The zero-order valence-electron chi connectivity index (χ0n) is 15.9. The smallest absolute Gasteiger partial charge is 0.230 e. The van der Waals surface area contributed by atoms with Crippen molar-refractivity contribution in [2.24, 2.45) is 0 Å². The third kappa shape index (κ3) is 5.15. The first kappa shape index (κ1) is 19.5. The molecule has 0 saturated heterocycles. The monoisotopic (exact) mass is 408 g/mol. The van der Waals surface area contributed by atoms with E-state index in [-0.39, 0.29) is 18.2 Å². The van der Waals surface area contributed by atoms with Crippen molar-refractivity contribution in [3.05, 3.63) is 83.4 Å². The van der Waals surface area contributed by atoms with Gasteiger partial charge in [-0.25, -0.2) is 4.39 Å². The Hall–Kier alpha value is -2.86. The van der Waals surface area contributed by atoms with Crippen LogP contribution in [-0.2, 0) is 24.2 Å². The van der Waals surface area contributed by atoms with E-state index in [1.807, 2.05) is 0 Å². The van der Waals surface area contributed by atoms with Crippen LogP contribution in [-0.4, -0.2) is 16.6 Å². The van der Waals surface area contributed by atoms with E-state index in [1.54, 1.807) is 30.5 Å². The minimum atomic E-state index is -0.479. The number of halogens is 1. The summed E-state index contributed by atoms with van der Waals surface area (Å²) in [5.41, 5.74) is 3.51. The molecule has 4 rings (SSSR count). The summed E-state index contributed by atoms with van der Waals surface area (Å²) in [4.78, 5) is 17.2. The topological polar surface area (TPSA) is 51.2 Å². The third-order valence-electron chi connectivity index (χ3n) is 4.79. The van der Waals surface area contributed by atoms with Crippen LogP contribution in [0.15, 0.2) is 65.8 Å². The summed E-state index contributed by atoms with van der Waals surface area (Å²) >= 11 is 1.52. The number of carbonyl (C=O) groups is 1. The Morgan fingerprint density at radius 2 is 2.03 bits per heavy atom. The predicted molar refractivity (Wildman–Crippen MR) is 112 cm³/mol. The Kier molecular flexibility index (Phi) is 6.10. The van der Waals surface area contributed by atoms with Crippen LogP contribution >= 0.6 is 11.8 Å². The number of nitrogens with zero attached hydrogens (tertiary/aromatic N) is 1. The Labute approximate surface area is 173 Å². The van der Waals surface area contributed by atoms with Gasteiger partial charge in [-0.2, -0.15) is 0 Å². The lowest BCUT2D eigenvalue weighted by molar-refractivity contribution is -0.118. The summed E-state index contributed by atoms with van der Waals surface area (Å²) in [6.45, 7) is 0.272. The molecule has 148 valence electrons. The highest BCUT2D eigenvalue weighted by atomic mass is 32.2. The number of fused-ring (bicyclic) bond motifs is 1. The molecule has 1 amide bonds. The van der Waals surface area contributed by atoms with Crippen molar-refractivity contribution >= 4 is 17.7 Å². The van der Waals surface area contributed by atoms with Crippen LogP contribution in [0.2, 0.25) is 0 Å². The number of pyridine rings is 1. The molecule has 1 heterocycles. The van der Waals surface area contributed by atoms with Gasteiger partial charge in [0, 0.05) is 17.6 Å². The molecule has 1 aliphatic carbocycles. The van der Waals surface area contributed by atoms with Gasteiger partial charge in [-0.15, -0.1) is 11.8 Å². The lowest BCUT2D eigenvalue weighted by Crippen LogP contribution is -2.24. The summed E-state index contributed by atoms with van der Waals surface area (Å²) < 4.78 is 19.8. The van der Waals surface area contributed by atoms with Gasteiger partial charge < -0.3 is 10.1 Å². The molecule has 0 unspecified atom stereocenters. The van der Waals surface area contributed by atoms with Crippen LogP contribution < -0.4 is 10.1 Å². The fourth-order valence-electron chi connectivity index (χ4n) is 3.31. The summed E-state index contributed by atoms with van der Waals surface area (Å²) in [7, 11) is 0. The number of nitrogens with one attached hydrogen (secondary N) is 1. The third-order valence-corrected chi connectivity index (χ3v) is 5.78. The van der Waals surface area contributed by atoms with Crippen molar-refractivity contribution in [3.8, 4) is 11.5 Å². The summed E-state index contributed by atoms with van der Waals surface area (Å²) in [5.74, 6) is 0.375. The number of aromatic nitrogens is 1.